The molecule has 0 aliphatic heterocycles. The van der Waals surface area contributed by atoms with E-state index >= 15 is 0 Å². The molecule has 0 bridgehead atoms. The van der Waals surface area contributed by atoms with Crippen molar-refractivity contribution in [2.24, 2.45) is 11.1 Å². The van der Waals surface area contributed by atoms with E-state index in [9.17, 15) is 4.79 Å². The van der Waals surface area contributed by atoms with Gasteiger partial charge in [0.15, 0.2) is 0 Å². The lowest BCUT2D eigenvalue weighted by Crippen LogP contribution is -2.42. The van der Waals surface area contributed by atoms with Gasteiger partial charge in [0.1, 0.15) is 0 Å². The van der Waals surface area contributed by atoms with Gasteiger partial charge in [-0.2, -0.15) is 0 Å². The summed E-state index contributed by atoms with van der Waals surface area (Å²) in [5.41, 5.74) is 6.49. The van der Waals surface area contributed by atoms with Gasteiger partial charge >= 0.3 is 0 Å². The van der Waals surface area contributed by atoms with E-state index in [1.54, 1.807) is 0 Å². The summed E-state index contributed by atoms with van der Waals surface area (Å²) in [5, 5.41) is 3.11. The average Bonchev–Trinajstić information content (AvgIpc) is 2.23. The van der Waals surface area contributed by atoms with Crippen molar-refractivity contribution in [1.29, 1.82) is 0 Å². The highest BCUT2D eigenvalue weighted by molar-refractivity contribution is 5.77. The molecule has 3 heteroatoms. The molecule has 0 fully saturated rings. The number of nitrogens with one attached hydrogen (secondary N) is 1. The number of hydrogen-bond acceptors (Lipinski definition) is 2. The molecule has 1 aromatic rings. The number of hydrogen-bond donors (Lipinski definition) is 2. The second-order valence-corrected chi connectivity index (χ2v) is 6.94. The Morgan fingerprint density at radius 1 is 1.16 bits per heavy atom. The molecule has 0 saturated heterocycles. The van der Waals surface area contributed by atoms with E-state index in [1.807, 2.05) is 44.2 Å². The maximum atomic E-state index is 12.1. The summed E-state index contributed by atoms with van der Waals surface area (Å²) in [7, 11) is 0. The van der Waals surface area contributed by atoms with Gasteiger partial charge in [-0.25, -0.2) is 0 Å². The van der Waals surface area contributed by atoms with Gasteiger partial charge in [-0.3, -0.25) is 4.79 Å². The molecule has 1 atom stereocenters. The van der Waals surface area contributed by atoms with Gasteiger partial charge in [0.2, 0.25) is 5.91 Å². The first-order valence-corrected chi connectivity index (χ1v) is 6.73. The van der Waals surface area contributed by atoms with E-state index in [-0.39, 0.29) is 17.4 Å². The van der Waals surface area contributed by atoms with Crippen LogP contribution in [0.1, 0.15) is 52.6 Å². The molecular formula is C16H26N2O. The van der Waals surface area contributed by atoms with Crippen LogP contribution in [0.4, 0.5) is 0 Å². The van der Waals surface area contributed by atoms with Crippen LogP contribution in [0.5, 0.6) is 0 Å². The number of nitrogens with two attached hydrogens (primary N) is 1. The Kier molecular flexibility index (Phi) is 4.75. The zero-order valence-electron chi connectivity index (χ0n) is 12.7. The Morgan fingerprint density at radius 3 is 2.11 bits per heavy atom. The minimum atomic E-state index is -0.483. The van der Waals surface area contributed by atoms with Crippen LogP contribution in [0.2, 0.25) is 0 Å². The van der Waals surface area contributed by atoms with Crippen molar-refractivity contribution in [2.45, 2.75) is 52.6 Å². The van der Waals surface area contributed by atoms with E-state index in [0.717, 1.165) is 5.56 Å². The lowest BCUT2D eigenvalue weighted by Gasteiger charge is -2.33. The summed E-state index contributed by atoms with van der Waals surface area (Å²) in [4.78, 5) is 12.1. The van der Waals surface area contributed by atoms with Gasteiger partial charge in [0.05, 0.1) is 6.04 Å². The number of carbonyl (C=O) groups excluding carboxylic acids is 1. The molecule has 1 aromatic carbocycles. The molecule has 1 unspecified atom stereocenters. The van der Waals surface area contributed by atoms with Crippen LogP contribution in [0.3, 0.4) is 0 Å². The van der Waals surface area contributed by atoms with Gasteiger partial charge in [-0.15, -0.1) is 0 Å². The summed E-state index contributed by atoms with van der Waals surface area (Å²) in [6.45, 7) is 10.1. The van der Waals surface area contributed by atoms with Crippen LogP contribution >= 0.6 is 0 Å². The third-order valence-electron chi connectivity index (χ3n) is 2.92. The van der Waals surface area contributed by atoms with Crippen LogP contribution in [0.25, 0.3) is 0 Å². The predicted octanol–water partition coefficient (Wildman–Crippen LogP) is 3.02. The number of amides is 1. The van der Waals surface area contributed by atoms with Crippen molar-refractivity contribution in [1.82, 2.24) is 5.32 Å². The first-order chi connectivity index (χ1) is 8.59. The van der Waals surface area contributed by atoms with Crippen molar-refractivity contribution in [3.8, 4) is 0 Å². The third-order valence-corrected chi connectivity index (χ3v) is 2.92. The quantitative estimate of drug-likeness (QED) is 0.876. The van der Waals surface area contributed by atoms with Crippen LogP contribution in [-0.4, -0.2) is 11.4 Å². The normalized spacial score (nSPS) is 14.0. The van der Waals surface area contributed by atoms with Crippen molar-refractivity contribution in [3.63, 3.8) is 0 Å². The summed E-state index contributed by atoms with van der Waals surface area (Å²) in [5.74, 6) is -0.00345. The predicted molar refractivity (Wildman–Crippen MR) is 79.7 cm³/mol. The molecule has 0 spiro atoms. The molecule has 19 heavy (non-hydrogen) atoms. The Balaban J connectivity index is 2.87. The Bertz CT molecular complexity index is 413. The highest BCUT2D eigenvalue weighted by atomic mass is 16.1. The van der Waals surface area contributed by atoms with Crippen LogP contribution in [-0.2, 0) is 4.79 Å². The van der Waals surface area contributed by atoms with E-state index in [0.29, 0.717) is 6.42 Å². The van der Waals surface area contributed by atoms with Crippen molar-refractivity contribution < 1.29 is 4.79 Å². The molecule has 0 aromatic heterocycles. The molecule has 3 nitrogen and oxygen atoms in total. The number of benzene rings is 1. The molecule has 1 rings (SSSR count). The molecule has 0 heterocycles. The van der Waals surface area contributed by atoms with Crippen LogP contribution in [0.15, 0.2) is 30.3 Å². The molecule has 0 radical (unpaired) electrons. The molecular weight excluding hydrogens is 236 g/mol. The fourth-order valence-corrected chi connectivity index (χ4v) is 2.07. The van der Waals surface area contributed by atoms with E-state index < -0.39 is 5.54 Å². The first kappa shape index (κ1) is 15.7. The van der Waals surface area contributed by atoms with E-state index in [4.69, 9.17) is 5.73 Å². The van der Waals surface area contributed by atoms with Crippen molar-refractivity contribution >= 4 is 5.91 Å². The molecule has 0 saturated carbocycles. The monoisotopic (exact) mass is 262 g/mol. The van der Waals surface area contributed by atoms with E-state index in [1.165, 1.54) is 0 Å². The SMILES string of the molecule is CC(C)(N)CC(=O)NC(c1ccccc1)C(C)(C)C. The number of carbonyl (C=O) groups is 1. The maximum absolute atomic E-state index is 12.1. The van der Waals surface area contributed by atoms with Crippen LogP contribution < -0.4 is 11.1 Å². The van der Waals surface area contributed by atoms with Gasteiger partial charge in [-0.05, 0) is 24.8 Å². The lowest BCUT2D eigenvalue weighted by atomic mass is 9.82. The zero-order valence-corrected chi connectivity index (χ0v) is 12.7. The fraction of sp³-hybridized carbons (Fsp3) is 0.562. The Hall–Kier alpha value is -1.35. The average molecular weight is 262 g/mol. The highest BCUT2D eigenvalue weighted by Gasteiger charge is 2.28. The molecule has 106 valence electrons. The summed E-state index contributed by atoms with van der Waals surface area (Å²) in [6, 6.07) is 10.0. The largest absolute Gasteiger partial charge is 0.349 e. The van der Waals surface area contributed by atoms with E-state index in [2.05, 4.69) is 26.1 Å². The topological polar surface area (TPSA) is 55.1 Å². The van der Waals surface area contributed by atoms with Crippen molar-refractivity contribution in [3.05, 3.63) is 35.9 Å². The maximum Gasteiger partial charge on any atom is 0.222 e. The summed E-state index contributed by atoms with van der Waals surface area (Å²) < 4.78 is 0. The molecule has 3 N–H and O–H groups in total. The second-order valence-electron chi connectivity index (χ2n) is 6.94. The molecule has 0 aliphatic carbocycles. The minimum absolute atomic E-state index is 0.00345. The fourth-order valence-electron chi connectivity index (χ4n) is 2.07. The van der Waals surface area contributed by atoms with Gasteiger partial charge in [0, 0.05) is 12.0 Å². The third kappa shape index (κ3) is 5.43. The Morgan fingerprint density at radius 2 is 1.68 bits per heavy atom. The van der Waals surface area contributed by atoms with Crippen LogP contribution in [0, 0.1) is 5.41 Å². The lowest BCUT2D eigenvalue weighted by molar-refractivity contribution is -0.123. The zero-order chi connectivity index (χ0) is 14.7. The summed E-state index contributed by atoms with van der Waals surface area (Å²) in [6.07, 6.45) is 0.326. The Labute approximate surface area is 116 Å². The molecule has 0 aliphatic rings. The highest BCUT2D eigenvalue weighted by Crippen LogP contribution is 2.32. The van der Waals surface area contributed by atoms with Crippen molar-refractivity contribution in [2.75, 3.05) is 0 Å². The minimum Gasteiger partial charge on any atom is -0.349 e. The number of rotatable bonds is 4. The smallest absolute Gasteiger partial charge is 0.222 e. The van der Waals surface area contributed by atoms with Gasteiger partial charge in [0.25, 0.3) is 0 Å². The second kappa shape index (κ2) is 5.74. The molecule has 1 amide bonds. The first-order valence-electron chi connectivity index (χ1n) is 6.73. The van der Waals surface area contributed by atoms with Gasteiger partial charge < -0.3 is 11.1 Å². The summed E-state index contributed by atoms with van der Waals surface area (Å²) >= 11 is 0. The standard InChI is InChI=1S/C16H26N2O/c1-15(2,3)14(12-9-7-6-8-10-12)18-13(19)11-16(4,5)17/h6-10,14H,11,17H2,1-5H3,(H,18,19). The van der Waals surface area contributed by atoms with Gasteiger partial charge in [-0.1, -0.05) is 51.1 Å².